The van der Waals surface area contributed by atoms with Gasteiger partial charge in [-0.3, -0.25) is 4.79 Å². The summed E-state index contributed by atoms with van der Waals surface area (Å²) in [5.41, 5.74) is 5.61. The van der Waals surface area contributed by atoms with Gasteiger partial charge in [-0.15, -0.1) is 11.3 Å². The Morgan fingerprint density at radius 2 is 2.25 bits per heavy atom. The molecule has 0 saturated heterocycles. The molecule has 2 atom stereocenters. The van der Waals surface area contributed by atoms with Crippen LogP contribution in [0.2, 0.25) is 0 Å². The van der Waals surface area contributed by atoms with Gasteiger partial charge in [0, 0.05) is 4.88 Å². The maximum absolute atomic E-state index is 11.4. The lowest BCUT2D eigenvalue weighted by molar-refractivity contribution is -0.146. The van der Waals surface area contributed by atoms with E-state index < -0.39 is 24.0 Å². The molecule has 0 spiro atoms. The first-order valence-electron chi connectivity index (χ1n) is 4.50. The molecule has 1 aromatic heterocycles. The molecule has 0 aliphatic carbocycles. The van der Waals surface area contributed by atoms with Gasteiger partial charge in [-0.1, -0.05) is 6.07 Å². The van der Waals surface area contributed by atoms with Crippen molar-refractivity contribution in [2.24, 2.45) is 5.73 Å². The molecular weight excluding hydrogens is 232 g/mol. The highest BCUT2D eigenvalue weighted by atomic mass is 32.1. The number of amides is 1. The third-order valence-electron chi connectivity index (χ3n) is 1.89. The number of hydrogen-bond acceptors (Lipinski definition) is 5. The lowest BCUT2D eigenvalue weighted by atomic mass is 10.2. The van der Waals surface area contributed by atoms with E-state index in [1.165, 1.54) is 11.3 Å². The van der Waals surface area contributed by atoms with E-state index in [0.29, 0.717) is 4.88 Å². The van der Waals surface area contributed by atoms with Gasteiger partial charge in [0.05, 0.1) is 6.54 Å². The second-order valence-electron chi connectivity index (χ2n) is 3.09. The summed E-state index contributed by atoms with van der Waals surface area (Å²) in [5, 5.41) is 21.4. The number of carbonyl (C=O) groups excluding carboxylic acids is 1. The van der Waals surface area contributed by atoms with Gasteiger partial charge in [-0.2, -0.15) is 0 Å². The van der Waals surface area contributed by atoms with Crippen LogP contribution in [0.25, 0.3) is 0 Å². The van der Waals surface area contributed by atoms with E-state index in [9.17, 15) is 9.59 Å². The molecule has 5 N–H and O–H groups in total. The van der Waals surface area contributed by atoms with Crippen LogP contribution in [0.5, 0.6) is 0 Å². The first-order chi connectivity index (χ1) is 7.52. The number of nitrogens with two attached hydrogens (primary N) is 1. The summed E-state index contributed by atoms with van der Waals surface area (Å²) in [6.07, 6.45) is -1.61. The lowest BCUT2D eigenvalue weighted by Crippen LogP contribution is -2.40. The van der Waals surface area contributed by atoms with Crippen LogP contribution in [0, 0.1) is 0 Å². The summed E-state index contributed by atoms with van der Waals surface area (Å²) >= 11 is 1.34. The molecule has 0 aliphatic heterocycles. The predicted octanol–water partition coefficient (Wildman–Crippen LogP) is -0.690. The summed E-state index contributed by atoms with van der Waals surface area (Å²) in [7, 11) is 0. The first-order valence-corrected chi connectivity index (χ1v) is 5.38. The van der Waals surface area contributed by atoms with Crippen molar-refractivity contribution in [1.29, 1.82) is 0 Å². The molecule has 7 heteroatoms. The standard InChI is InChI=1S/C9H12N2O4S/c10-7(6-2-1-3-16-6)8(13)11-4-5(12)9(14)15/h1-3,5,7,12H,4,10H2,(H,11,13)(H,14,15). The van der Waals surface area contributed by atoms with Crippen LogP contribution >= 0.6 is 11.3 Å². The normalized spacial score (nSPS) is 14.1. The van der Waals surface area contributed by atoms with Crippen molar-refractivity contribution in [3.8, 4) is 0 Å². The molecule has 0 saturated carbocycles. The Bertz CT molecular complexity index is 366. The fourth-order valence-corrected chi connectivity index (χ4v) is 1.72. The number of thiophene rings is 1. The fourth-order valence-electron chi connectivity index (χ4n) is 0.992. The Labute approximate surface area is 95.7 Å². The summed E-state index contributed by atoms with van der Waals surface area (Å²) < 4.78 is 0. The highest BCUT2D eigenvalue weighted by molar-refractivity contribution is 7.10. The van der Waals surface area contributed by atoms with Crippen LogP contribution in [0.15, 0.2) is 17.5 Å². The van der Waals surface area contributed by atoms with E-state index in [-0.39, 0.29) is 6.54 Å². The highest BCUT2D eigenvalue weighted by Gasteiger charge is 2.19. The molecule has 16 heavy (non-hydrogen) atoms. The number of carboxylic acids is 1. The Morgan fingerprint density at radius 3 is 2.75 bits per heavy atom. The van der Waals surface area contributed by atoms with Gasteiger partial charge in [0.25, 0.3) is 0 Å². The monoisotopic (exact) mass is 244 g/mol. The van der Waals surface area contributed by atoms with Crippen molar-refractivity contribution < 1.29 is 19.8 Å². The molecule has 88 valence electrons. The van der Waals surface area contributed by atoms with E-state index >= 15 is 0 Å². The third kappa shape index (κ3) is 3.30. The van der Waals surface area contributed by atoms with Crippen LogP contribution in [-0.4, -0.2) is 34.7 Å². The van der Waals surface area contributed by atoms with Crippen molar-refractivity contribution in [3.63, 3.8) is 0 Å². The summed E-state index contributed by atoms with van der Waals surface area (Å²) in [6, 6.07) is 2.64. The smallest absolute Gasteiger partial charge is 0.334 e. The molecule has 6 nitrogen and oxygen atoms in total. The summed E-state index contributed by atoms with van der Waals surface area (Å²) in [4.78, 5) is 22.4. The number of aliphatic carboxylic acids is 1. The van der Waals surface area contributed by atoms with Gasteiger partial charge in [0.15, 0.2) is 6.10 Å². The number of carboxylic acid groups (broad SMARTS) is 1. The number of rotatable bonds is 5. The summed E-state index contributed by atoms with van der Waals surface area (Å²) in [6.45, 7) is -0.354. The predicted molar refractivity (Wildman–Crippen MR) is 57.9 cm³/mol. The minimum absolute atomic E-state index is 0.354. The number of aliphatic hydroxyl groups excluding tert-OH is 1. The Balaban J connectivity index is 2.44. The Morgan fingerprint density at radius 1 is 1.56 bits per heavy atom. The second-order valence-corrected chi connectivity index (χ2v) is 4.07. The molecule has 1 aromatic rings. The topological polar surface area (TPSA) is 113 Å². The first kappa shape index (κ1) is 12.6. The number of nitrogens with one attached hydrogen (secondary N) is 1. The average molecular weight is 244 g/mol. The SMILES string of the molecule is NC(C(=O)NCC(O)C(=O)O)c1cccs1. The van der Waals surface area contributed by atoms with E-state index in [1.54, 1.807) is 17.5 Å². The molecule has 1 amide bonds. The van der Waals surface area contributed by atoms with Crippen molar-refractivity contribution in [2.75, 3.05) is 6.54 Å². The van der Waals surface area contributed by atoms with Crippen LogP contribution < -0.4 is 11.1 Å². The van der Waals surface area contributed by atoms with E-state index in [2.05, 4.69) is 5.32 Å². The molecule has 0 aromatic carbocycles. The van der Waals surface area contributed by atoms with Gasteiger partial charge in [0.2, 0.25) is 5.91 Å². The van der Waals surface area contributed by atoms with Crippen LogP contribution in [0.1, 0.15) is 10.9 Å². The van der Waals surface area contributed by atoms with Crippen molar-refractivity contribution in [2.45, 2.75) is 12.1 Å². The Kier molecular flexibility index (Phi) is 4.41. The van der Waals surface area contributed by atoms with Gasteiger partial charge < -0.3 is 21.3 Å². The number of hydrogen-bond donors (Lipinski definition) is 4. The zero-order valence-corrected chi connectivity index (χ0v) is 9.11. The maximum atomic E-state index is 11.4. The Hall–Kier alpha value is -1.44. The van der Waals surface area contributed by atoms with Gasteiger partial charge >= 0.3 is 5.97 Å². The minimum atomic E-state index is -1.61. The summed E-state index contributed by atoms with van der Waals surface area (Å²) in [5.74, 6) is -1.90. The molecule has 1 rings (SSSR count). The van der Waals surface area contributed by atoms with Crippen LogP contribution in [0.3, 0.4) is 0 Å². The maximum Gasteiger partial charge on any atom is 0.334 e. The largest absolute Gasteiger partial charge is 0.479 e. The van der Waals surface area contributed by atoms with E-state index in [1.807, 2.05) is 0 Å². The second kappa shape index (κ2) is 5.59. The van der Waals surface area contributed by atoms with E-state index in [0.717, 1.165) is 0 Å². The molecule has 0 radical (unpaired) electrons. The minimum Gasteiger partial charge on any atom is -0.479 e. The molecule has 2 unspecified atom stereocenters. The highest BCUT2D eigenvalue weighted by Crippen LogP contribution is 2.16. The molecular formula is C9H12N2O4S. The molecule has 0 fully saturated rings. The van der Waals surface area contributed by atoms with Gasteiger partial charge in [-0.05, 0) is 11.4 Å². The fraction of sp³-hybridized carbons (Fsp3) is 0.333. The van der Waals surface area contributed by atoms with Gasteiger partial charge in [0.1, 0.15) is 6.04 Å². The van der Waals surface area contributed by atoms with Crippen molar-refractivity contribution in [3.05, 3.63) is 22.4 Å². The molecule has 1 heterocycles. The number of aliphatic hydroxyl groups is 1. The van der Waals surface area contributed by atoms with Crippen molar-refractivity contribution >= 4 is 23.2 Å². The zero-order valence-electron chi connectivity index (χ0n) is 8.29. The van der Waals surface area contributed by atoms with Gasteiger partial charge in [-0.25, -0.2) is 4.79 Å². The zero-order chi connectivity index (χ0) is 12.1. The lowest BCUT2D eigenvalue weighted by Gasteiger charge is -2.11. The molecule has 0 bridgehead atoms. The number of carbonyl (C=O) groups is 2. The third-order valence-corrected chi connectivity index (χ3v) is 2.84. The van der Waals surface area contributed by atoms with Crippen molar-refractivity contribution in [1.82, 2.24) is 5.32 Å². The van der Waals surface area contributed by atoms with Crippen LogP contribution in [-0.2, 0) is 9.59 Å². The average Bonchev–Trinajstić information content (AvgIpc) is 2.77. The molecule has 0 aliphatic rings. The van der Waals surface area contributed by atoms with E-state index in [4.69, 9.17) is 15.9 Å². The van der Waals surface area contributed by atoms with Crippen LogP contribution in [0.4, 0.5) is 0 Å². The quantitative estimate of drug-likeness (QED) is 0.547.